The molecule has 1 aromatic carbocycles. The molecule has 0 spiro atoms. The number of alkyl halides is 1. The quantitative estimate of drug-likeness (QED) is 0.772. The van der Waals surface area contributed by atoms with Crippen molar-refractivity contribution in [2.75, 3.05) is 0 Å². The van der Waals surface area contributed by atoms with Crippen molar-refractivity contribution in [3.63, 3.8) is 0 Å². The number of halogens is 3. The second-order valence-corrected chi connectivity index (χ2v) is 4.12. The van der Waals surface area contributed by atoms with Crippen molar-refractivity contribution < 1.29 is 4.39 Å². The summed E-state index contributed by atoms with van der Waals surface area (Å²) >= 11 is 11.4. The van der Waals surface area contributed by atoms with E-state index in [4.69, 9.17) is 23.2 Å². The molecule has 0 amide bonds. The maximum Gasteiger partial charge on any atom is 0.128 e. The average Bonchev–Trinajstić information content (AvgIpc) is 2.71. The van der Waals surface area contributed by atoms with E-state index in [0.29, 0.717) is 23.0 Å². The zero-order chi connectivity index (χ0) is 11.5. The smallest absolute Gasteiger partial charge is 0.128 e. The molecule has 0 bridgehead atoms. The molecule has 0 fully saturated rings. The summed E-state index contributed by atoms with van der Waals surface area (Å²) in [5, 5.41) is 4.59. The maximum absolute atomic E-state index is 13.4. The van der Waals surface area contributed by atoms with Gasteiger partial charge in [0, 0.05) is 22.3 Å². The largest absolute Gasteiger partial charge is 0.268 e. The highest BCUT2D eigenvalue weighted by Gasteiger charge is 2.05. The summed E-state index contributed by atoms with van der Waals surface area (Å²) in [6, 6.07) is 4.47. The Labute approximate surface area is 103 Å². The van der Waals surface area contributed by atoms with Crippen molar-refractivity contribution in [1.82, 2.24) is 9.78 Å². The van der Waals surface area contributed by atoms with Gasteiger partial charge in [-0.3, -0.25) is 4.68 Å². The van der Waals surface area contributed by atoms with Gasteiger partial charge in [-0.1, -0.05) is 11.6 Å². The minimum atomic E-state index is -0.285. The number of hydrogen-bond acceptors (Lipinski definition) is 1. The molecular formula is C11H9Cl2FN2. The molecule has 0 saturated heterocycles. The minimum Gasteiger partial charge on any atom is -0.268 e. The summed E-state index contributed by atoms with van der Waals surface area (Å²) in [7, 11) is 0. The van der Waals surface area contributed by atoms with Crippen LogP contribution in [-0.2, 0) is 12.4 Å². The lowest BCUT2D eigenvalue weighted by Crippen LogP contribution is -2.02. The van der Waals surface area contributed by atoms with E-state index < -0.39 is 0 Å². The Kier molecular flexibility index (Phi) is 3.46. The molecule has 0 N–H and O–H groups in total. The summed E-state index contributed by atoms with van der Waals surface area (Å²) in [5.41, 5.74) is 1.42. The lowest BCUT2D eigenvalue weighted by atomic mass is 10.2. The zero-order valence-electron chi connectivity index (χ0n) is 8.33. The highest BCUT2D eigenvalue weighted by atomic mass is 35.5. The van der Waals surface area contributed by atoms with Gasteiger partial charge in [-0.25, -0.2) is 4.39 Å². The molecule has 16 heavy (non-hydrogen) atoms. The number of hydrogen-bond donors (Lipinski definition) is 0. The molecule has 0 aliphatic rings. The number of rotatable bonds is 3. The third-order valence-corrected chi connectivity index (χ3v) is 2.72. The van der Waals surface area contributed by atoms with Crippen LogP contribution in [-0.4, -0.2) is 9.78 Å². The van der Waals surface area contributed by atoms with Crippen molar-refractivity contribution in [3.8, 4) is 0 Å². The predicted octanol–water partition coefficient (Wildman–Crippen LogP) is 3.46. The Morgan fingerprint density at radius 1 is 1.38 bits per heavy atom. The van der Waals surface area contributed by atoms with Gasteiger partial charge in [-0.05, 0) is 18.2 Å². The Balaban J connectivity index is 2.22. The van der Waals surface area contributed by atoms with Gasteiger partial charge in [0.2, 0.25) is 0 Å². The van der Waals surface area contributed by atoms with Gasteiger partial charge >= 0.3 is 0 Å². The fourth-order valence-electron chi connectivity index (χ4n) is 1.40. The van der Waals surface area contributed by atoms with Gasteiger partial charge < -0.3 is 0 Å². The molecular weight excluding hydrogens is 250 g/mol. The molecule has 5 heteroatoms. The molecule has 1 aromatic heterocycles. The predicted molar refractivity (Wildman–Crippen MR) is 62.3 cm³/mol. The van der Waals surface area contributed by atoms with E-state index in [0.717, 1.165) is 5.56 Å². The molecule has 0 aliphatic heterocycles. The molecule has 84 valence electrons. The molecule has 2 nitrogen and oxygen atoms in total. The van der Waals surface area contributed by atoms with Crippen LogP contribution in [0.25, 0.3) is 0 Å². The summed E-state index contributed by atoms with van der Waals surface area (Å²) < 4.78 is 15.0. The Morgan fingerprint density at radius 3 is 2.88 bits per heavy atom. The fraction of sp³-hybridized carbons (Fsp3) is 0.182. The molecule has 0 saturated carbocycles. The van der Waals surface area contributed by atoms with Crippen LogP contribution in [0.1, 0.15) is 11.1 Å². The first-order valence-corrected chi connectivity index (χ1v) is 5.61. The van der Waals surface area contributed by atoms with Gasteiger partial charge in [0.1, 0.15) is 5.82 Å². The van der Waals surface area contributed by atoms with Crippen molar-refractivity contribution in [3.05, 3.63) is 52.6 Å². The van der Waals surface area contributed by atoms with Crippen molar-refractivity contribution in [2.45, 2.75) is 12.4 Å². The lowest BCUT2D eigenvalue weighted by Gasteiger charge is -2.03. The first-order chi connectivity index (χ1) is 7.69. The van der Waals surface area contributed by atoms with Crippen molar-refractivity contribution >= 4 is 23.2 Å². The standard InChI is InChI=1S/C11H9Cl2FN2/c12-4-8-5-15-16(6-8)7-9-3-10(13)1-2-11(9)14/h1-3,5-6H,4,7H2. The normalized spacial score (nSPS) is 10.7. The first kappa shape index (κ1) is 11.4. The minimum absolute atomic E-state index is 0.285. The van der Waals surface area contributed by atoms with E-state index in [9.17, 15) is 4.39 Å². The summed E-state index contributed by atoms with van der Waals surface area (Å²) in [6.07, 6.45) is 3.45. The SMILES string of the molecule is Fc1ccc(Cl)cc1Cn1cc(CCl)cn1. The lowest BCUT2D eigenvalue weighted by molar-refractivity contribution is 0.585. The highest BCUT2D eigenvalue weighted by molar-refractivity contribution is 6.30. The maximum atomic E-state index is 13.4. The Morgan fingerprint density at radius 2 is 2.19 bits per heavy atom. The second-order valence-electron chi connectivity index (χ2n) is 3.42. The summed E-state index contributed by atoms with van der Waals surface area (Å²) in [5.74, 6) is 0.116. The molecule has 0 atom stereocenters. The van der Waals surface area contributed by atoms with Gasteiger partial charge in [-0.15, -0.1) is 11.6 Å². The van der Waals surface area contributed by atoms with E-state index in [1.807, 2.05) is 0 Å². The fourth-order valence-corrected chi connectivity index (χ4v) is 1.73. The van der Waals surface area contributed by atoms with Crippen LogP contribution in [0.4, 0.5) is 4.39 Å². The molecule has 0 aliphatic carbocycles. The van der Waals surface area contributed by atoms with Crippen LogP contribution in [0.2, 0.25) is 5.02 Å². The number of benzene rings is 1. The number of nitrogens with zero attached hydrogens (tertiary/aromatic N) is 2. The molecule has 2 aromatic rings. The average molecular weight is 259 g/mol. The number of aromatic nitrogens is 2. The van der Waals surface area contributed by atoms with Crippen LogP contribution in [0.5, 0.6) is 0 Å². The third kappa shape index (κ3) is 2.54. The topological polar surface area (TPSA) is 17.8 Å². The van der Waals surface area contributed by atoms with Gasteiger partial charge in [0.15, 0.2) is 0 Å². The molecule has 2 rings (SSSR count). The van der Waals surface area contributed by atoms with Gasteiger partial charge in [0.05, 0.1) is 18.6 Å². The first-order valence-electron chi connectivity index (χ1n) is 4.70. The monoisotopic (exact) mass is 258 g/mol. The van der Waals surface area contributed by atoms with Gasteiger partial charge in [0.25, 0.3) is 0 Å². The third-order valence-electron chi connectivity index (χ3n) is 2.18. The van der Waals surface area contributed by atoms with Crippen LogP contribution >= 0.6 is 23.2 Å². The van der Waals surface area contributed by atoms with E-state index in [1.54, 1.807) is 23.1 Å². The Hall–Kier alpha value is -1.06. The summed E-state index contributed by atoms with van der Waals surface area (Å²) in [6.45, 7) is 0.350. The Bertz CT molecular complexity index is 496. The zero-order valence-corrected chi connectivity index (χ0v) is 9.84. The van der Waals surface area contributed by atoms with E-state index in [2.05, 4.69) is 5.10 Å². The van der Waals surface area contributed by atoms with E-state index >= 15 is 0 Å². The van der Waals surface area contributed by atoms with Crippen LogP contribution in [0, 0.1) is 5.82 Å². The summed E-state index contributed by atoms with van der Waals surface area (Å²) in [4.78, 5) is 0. The van der Waals surface area contributed by atoms with Crippen LogP contribution in [0.3, 0.4) is 0 Å². The van der Waals surface area contributed by atoms with Crippen LogP contribution in [0.15, 0.2) is 30.6 Å². The van der Waals surface area contributed by atoms with Crippen LogP contribution < -0.4 is 0 Å². The van der Waals surface area contributed by atoms with Crippen molar-refractivity contribution in [2.24, 2.45) is 0 Å². The van der Waals surface area contributed by atoms with E-state index in [1.165, 1.54) is 12.1 Å². The molecule has 0 unspecified atom stereocenters. The van der Waals surface area contributed by atoms with Gasteiger partial charge in [-0.2, -0.15) is 5.10 Å². The second kappa shape index (κ2) is 4.85. The molecule has 0 radical (unpaired) electrons. The van der Waals surface area contributed by atoms with E-state index in [-0.39, 0.29) is 5.82 Å². The molecule has 1 heterocycles. The highest BCUT2D eigenvalue weighted by Crippen LogP contribution is 2.16. The van der Waals surface area contributed by atoms with Crippen molar-refractivity contribution in [1.29, 1.82) is 0 Å².